The summed E-state index contributed by atoms with van der Waals surface area (Å²) in [4.78, 5) is 0. The molecule has 19 heavy (non-hydrogen) atoms. The van der Waals surface area contributed by atoms with Gasteiger partial charge < -0.3 is 5.73 Å². The van der Waals surface area contributed by atoms with E-state index in [-0.39, 0.29) is 5.82 Å². The fraction of sp³-hybridized carbons (Fsp3) is 0.294. The van der Waals surface area contributed by atoms with Gasteiger partial charge >= 0.3 is 0 Å². The zero-order valence-electron chi connectivity index (χ0n) is 10.9. The van der Waals surface area contributed by atoms with Crippen molar-refractivity contribution >= 4 is 0 Å². The topological polar surface area (TPSA) is 26.0 Å². The summed E-state index contributed by atoms with van der Waals surface area (Å²) in [6.45, 7) is 0.439. The molecule has 0 aromatic heterocycles. The van der Waals surface area contributed by atoms with Crippen LogP contribution in [0.15, 0.2) is 42.5 Å². The Balaban J connectivity index is 2.13. The maximum atomic E-state index is 13.6. The largest absolute Gasteiger partial charge is 0.326 e. The van der Waals surface area contributed by atoms with E-state index in [1.807, 2.05) is 6.07 Å². The van der Waals surface area contributed by atoms with Gasteiger partial charge in [0, 0.05) is 6.54 Å². The molecule has 0 bridgehead atoms. The lowest BCUT2D eigenvalue weighted by Gasteiger charge is -2.28. The van der Waals surface area contributed by atoms with Gasteiger partial charge in [-0.3, -0.25) is 0 Å². The first kappa shape index (κ1) is 12.4. The number of benzene rings is 2. The fourth-order valence-corrected chi connectivity index (χ4v) is 2.79. The van der Waals surface area contributed by atoms with Crippen molar-refractivity contribution < 1.29 is 4.39 Å². The van der Waals surface area contributed by atoms with Gasteiger partial charge in [-0.05, 0) is 53.1 Å². The summed E-state index contributed by atoms with van der Waals surface area (Å²) in [5.74, 6) is 0.431. The molecule has 0 heterocycles. The molecule has 0 saturated heterocycles. The van der Waals surface area contributed by atoms with E-state index in [1.54, 1.807) is 12.1 Å². The highest BCUT2D eigenvalue weighted by molar-refractivity contribution is 5.71. The molecular weight excluding hydrogens is 237 g/mol. The minimum absolute atomic E-state index is 0.199. The van der Waals surface area contributed by atoms with Gasteiger partial charge in [-0.15, -0.1) is 0 Å². The molecule has 0 atom stereocenters. The van der Waals surface area contributed by atoms with Crippen molar-refractivity contribution in [2.75, 3.05) is 0 Å². The summed E-state index contributed by atoms with van der Waals surface area (Å²) >= 11 is 0. The Morgan fingerprint density at radius 2 is 1.84 bits per heavy atom. The molecule has 1 aliphatic rings. The van der Waals surface area contributed by atoms with Crippen molar-refractivity contribution in [2.24, 2.45) is 5.73 Å². The fourth-order valence-electron chi connectivity index (χ4n) is 2.79. The first-order valence-electron chi connectivity index (χ1n) is 6.87. The molecule has 1 nitrogen and oxygen atoms in total. The smallest absolute Gasteiger partial charge is 0.123 e. The predicted molar refractivity (Wildman–Crippen MR) is 76.3 cm³/mol. The number of hydrogen-bond donors (Lipinski definition) is 1. The van der Waals surface area contributed by atoms with Crippen LogP contribution >= 0.6 is 0 Å². The molecule has 0 aliphatic heterocycles. The molecule has 2 aromatic carbocycles. The van der Waals surface area contributed by atoms with Crippen LogP contribution in [0.1, 0.15) is 36.3 Å². The number of halogens is 1. The predicted octanol–water partition coefficient (Wildman–Crippen LogP) is 4.22. The summed E-state index contributed by atoms with van der Waals surface area (Å²) in [6.07, 6.45) is 3.78. The summed E-state index contributed by atoms with van der Waals surface area (Å²) < 4.78 is 13.6. The monoisotopic (exact) mass is 255 g/mol. The van der Waals surface area contributed by atoms with Crippen LogP contribution in [0, 0.1) is 5.82 Å². The molecule has 0 radical (unpaired) electrons. The second kappa shape index (κ2) is 5.14. The Kier molecular flexibility index (Phi) is 3.34. The van der Waals surface area contributed by atoms with Gasteiger partial charge in [0.05, 0.1) is 0 Å². The highest BCUT2D eigenvalue weighted by Crippen LogP contribution is 2.41. The number of nitrogens with two attached hydrogens (primary N) is 1. The van der Waals surface area contributed by atoms with Crippen molar-refractivity contribution in [3.05, 3.63) is 59.4 Å². The third kappa shape index (κ3) is 2.28. The van der Waals surface area contributed by atoms with Crippen molar-refractivity contribution in [2.45, 2.75) is 31.7 Å². The van der Waals surface area contributed by atoms with Gasteiger partial charge in [0.2, 0.25) is 0 Å². The van der Waals surface area contributed by atoms with E-state index in [0.29, 0.717) is 12.5 Å². The van der Waals surface area contributed by atoms with E-state index >= 15 is 0 Å². The standard InChI is InChI=1S/C17H18FN/c18-14-9-8-13(11-19)17(10-14)16-7-2-1-6-15(16)12-4-3-5-12/h1-2,6-10,12H,3-5,11,19H2. The van der Waals surface area contributed by atoms with Gasteiger partial charge in [0.15, 0.2) is 0 Å². The molecule has 0 spiro atoms. The van der Waals surface area contributed by atoms with E-state index in [2.05, 4.69) is 18.2 Å². The number of rotatable bonds is 3. The zero-order valence-corrected chi connectivity index (χ0v) is 10.9. The normalized spacial score (nSPS) is 15.3. The van der Waals surface area contributed by atoms with Gasteiger partial charge in [-0.2, -0.15) is 0 Å². The molecule has 2 aromatic rings. The van der Waals surface area contributed by atoms with Crippen LogP contribution in [0.5, 0.6) is 0 Å². The van der Waals surface area contributed by atoms with Crippen LogP contribution in [-0.2, 0) is 6.54 Å². The highest BCUT2D eigenvalue weighted by atomic mass is 19.1. The molecule has 98 valence electrons. The second-order valence-electron chi connectivity index (χ2n) is 5.22. The molecule has 0 unspecified atom stereocenters. The summed E-state index contributed by atoms with van der Waals surface area (Å²) in [7, 11) is 0. The van der Waals surface area contributed by atoms with Crippen LogP contribution in [0.3, 0.4) is 0 Å². The third-order valence-electron chi connectivity index (χ3n) is 4.09. The zero-order chi connectivity index (χ0) is 13.2. The quantitative estimate of drug-likeness (QED) is 0.873. The van der Waals surface area contributed by atoms with Crippen LogP contribution in [0.2, 0.25) is 0 Å². The Morgan fingerprint density at radius 1 is 1.05 bits per heavy atom. The average molecular weight is 255 g/mol. The molecular formula is C17H18FN. The van der Waals surface area contributed by atoms with Crippen molar-refractivity contribution in [1.82, 2.24) is 0 Å². The summed E-state index contributed by atoms with van der Waals surface area (Å²) in [5, 5.41) is 0. The molecule has 1 fully saturated rings. The lowest BCUT2D eigenvalue weighted by Crippen LogP contribution is -2.10. The first-order valence-corrected chi connectivity index (χ1v) is 6.87. The Hall–Kier alpha value is -1.67. The third-order valence-corrected chi connectivity index (χ3v) is 4.09. The summed E-state index contributed by atoms with van der Waals surface area (Å²) in [5.41, 5.74) is 10.2. The van der Waals surface area contributed by atoms with Gasteiger partial charge in [-0.1, -0.05) is 36.8 Å². The van der Waals surface area contributed by atoms with E-state index in [0.717, 1.165) is 16.7 Å². The van der Waals surface area contributed by atoms with Crippen LogP contribution in [0.4, 0.5) is 4.39 Å². The van der Waals surface area contributed by atoms with E-state index in [4.69, 9.17) is 5.73 Å². The molecule has 0 amide bonds. The van der Waals surface area contributed by atoms with E-state index < -0.39 is 0 Å². The Bertz CT molecular complexity index is 588. The van der Waals surface area contributed by atoms with Gasteiger partial charge in [-0.25, -0.2) is 4.39 Å². The van der Waals surface area contributed by atoms with Crippen molar-refractivity contribution in [3.8, 4) is 11.1 Å². The Labute approximate surface area is 113 Å². The highest BCUT2D eigenvalue weighted by Gasteiger charge is 2.23. The van der Waals surface area contributed by atoms with Crippen molar-refractivity contribution in [3.63, 3.8) is 0 Å². The molecule has 1 saturated carbocycles. The SMILES string of the molecule is NCc1ccc(F)cc1-c1ccccc1C1CCC1. The molecule has 2 heteroatoms. The molecule has 1 aliphatic carbocycles. The van der Waals surface area contributed by atoms with E-state index in [1.165, 1.54) is 30.9 Å². The molecule has 3 rings (SSSR count). The lowest BCUT2D eigenvalue weighted by molar-refractivity contribution is 0.420. The minimum atomic E-state index is -0.199. The summed E-state index contributed by atoms with van der Waals surface area (Å²) in [6, 6.07) is 13.2. The lowest BCUT2D eigenvalue weighted by atomic mass is 9.77. The minimum Gasteiger partial charge on any atom is -0.326 e. The second-order valence-corrected chi connectivity index (χ2v) is 5.22. The molecule has 2 N–H and O–H groups in total. The van der Waals surface area contributed by atoms with Crippen LogP contribution < -0.4 is 5.73 Å². The number of hydrogen-bond acceptors (Lipinski definition) is 1. The first-order chi connectivity index (χ1) is 9.29. The van der Waals surface area contributed by atoms with Gasteiger partial charge in [0.25, 0.3) is 0 Å². The Morgan fingerprint density at radius 3 is 2.53 bits per heavy atom. The van der Waals surface area contributed by atoms with Crippen molar-refractivity contribution in [1.29, 1.82) is 0 Å². The van der Waals surface area contributed by atoms with Crippen LogP contribution in [0.25, 0.3) is 11.1 Å². The maximum Gasteiger partial charge on any atom is 0.123 e. The van der Waals surface area contributed by atoms with Gasteiger partial charge in [0.1, 0.15) is 5.82 Å². The maximum absolute atomic E-state index is 13.6. The van der Waals surface area contributed by atoms with Crippen LogP contribution in [-0.4, -0.2) is 0 Å². The van der Waals surface area contributed by atoms with E-state index in [9.17, 15) is 4.39 Å². The average Bonchev–Trinajstić information content (AvgIpc) is 2.37.